The Balaban J connectivity index is 1.36. The van der Waals surface area contributed by atoms with Crippen molar-refractivity contribution in [2.45, 2.75) is 0 Å². The van der Waals surface area contributed by atoms with Crippen molar-refractivity contribution in [1.29, 1.82) is 0 Å². The maximum absolute atomic E-state index is 12.5. The Morgan fingerprint density at radius 1 is 1.03 bits per heavy atom. The molecule has 1 aromatic heterocycles. The van der Waals surface area contributed by atoms with E-state index in [0.29, 0.717) is 18.8 Å². The Kier molecular flexibility index (Phi) is 6.38. The normalized spacial score (nSPS) is 13.7. The van der Waals surface area contributed by atoms with Gasteiger partial charge < -0.3 is 15.1 Å². The average Bonchev–Trinajstić information content (AvgIpc) is 3.34. The first-order valence-corrected chi connectivity index (χ1v) is 11.1. The number of hydrogen-bond donors (Lipinski definition) is 1. The number of halogens is 1. The lowest BCUT2D eigenvalue weighted by Crippen LogP contribution is -2.48. The Morgan fingerprint density at radius 2 is 1.75 bits per heavy atom. The van der Waals surface area contributed by atoms with Crippen LogP contribution < -0.4 is 10.2 Å². The first kappa shape index (κ1) is 21.8. The fourth-order valence-electron chi connectivity index (χ4n) is 3.48. The molecule has 1 N–H and O–H groups in total. The van der Waals surface area contributed by atoms with E-state index in [0.717, 1.165) is 29.7 Å². The van der Waals surface area contributed by atoms with Crippen molar-refractivity contribution in [2.24, 2.45) is 0 Å². The highest BCUT2D eigenvalue weighted by Crippen LogP contribution is 2.26. The Bertz CT molecular complexity index is 1140. The molecule has 1 aliphatic heterocycles. The van der Waals surface area contributed by atoms with Gasteiger partial charge in [0, 0.05) is 49.2 Å². The predicted octanol–water partition coefficient (Wildman–Crippen LogP) is 4.52. The van der Waals surface area contributed by atoms with Gasteiger partial charge in [-0.1, -0.05) is 17.7 Å². The molecule has 1 saturated heterocycles. The van der Waals surface area contributed by atoms with Crippen molar-refractivity contribution < 1.29 is 14.5 Å². The minimum absolute atomic E-state index is 0.0203. The number of thiophene rings is 1. The minimum atomic E-state index is -0.623. The number of amides is 2. The van der Waals surface area contributed by atoms with Gasteiger partial charge in [-0.2, -0.15) is 0 Å². The van der Waals surface area contributed by atoms with Gasteiger partial charge >= 0.3 is 0 Å². The summed E-state index contributed by atoms with van der Waals surface area (Å²) < 4.78 is 0. The largest absolute Gasteiger partial charge is 0.368 e. The number of nitrogens with zero attached hydrogens (tertiary/aromatic N) is 3. The van der Waals surface area contributed by atoms with Crippen molar-refractivity contribution in [2.75, 3.05) is 36.4 Å². The third kappa shape index (κ3) is 4.74. The maximum Gasteiger partial charge on any atom is 0.288 e. The molecule has 0 spiro atoms. The van der Waals surface area contributed by atoms with E-state index in [1.165, 1.54) is 23.5 Å². The zero-order valence-electron chi connectivity index (χ0n) is 16.9. The highest BCUT2D eigenvalue weighted by atomic mass is 35.5. The standard InChI is InChI=1S/C22H19ClN4O4S/c23-18-8-3-15(14-19(18)27(30)31)21(28)24-16-4-6-17(7-5-16)25-9-11-26(12-10-25)22(29)20-2-1-13-32-20/h1-8,13-14H,9-12H2,(H,24,28). The van der Waals surface area contributed by atoms with Gasteiger partial charge in [0.25, 0.3) is 17.5 Å². The van der Waals surface area contributed by atoms with E-state index in [2.05, 4.69) is 10.2 Å². The van der Waals surface area contributed by atoms with Crippen LogP contribution >= 0.6 is 22.9 Å². The number of nitrogens with one attached hydrogen (secondary N) is 1. The number of piperazine rings is 1. The zero-order valence-corrected chi connectivity index (χ0v) is 18.4. The second kappa shape index (κ2) is 9.37. The van der Waals surface area contributed by atoms with Crippen LogP contribution in [-0.2, 0) is 0 Å². The second-order valence-electron chi connectivity index (χ2n) is 7.18. The molecule has 0 unspecified atom stereocenters. The number of nitro groups is 1. The van der Waals surface area contributed by atoms with Crippen LogP contribution in [0.3, 0.4) is 0 Å². The lowest BCUT2D eigenvalue weighted by Gasteiger charge is -2.36. The van der Waals surface area contributed by atoms with E-state index in [-0.39, 0.29) is 22.2 Å². The first-order valence-electron chi connectivity index (χ1n) is 9.85. The molecule has 2 amide bonds. The van der Waals surface area contributed by atoms with E-state index in [4.69, 9.17) is 11.6 Å². The van der Waals surface area contributed by atoms with E-state index in [1.54, 1.807) is 12.1 Å². The molecule has 4 rings (SSSR count). The van der Waals surface area contributed by atoms with E-state index in [1.807, 2.05) is 34.5 Å². The van der Waals surface area contributed by atoms with Crippen LogP contribution in [0.1, 0.15) is 20.0 Å². The van der Waals surface area contributed by atoms with Crippen molar-refractivity contribution in [3.63, 3.8) is 0 Å². The third-order valence-electron chi connectivity index (χ3n) is 5.19. The van der Waals surface area contributed by atoms with Crippen LogP contribution in [-0.4, -0.2) is 47.8 Å². The van der Waals surface area contributed by atoms with Crippen LogP contribution in [0.2, 0.25) is 5.02 Å². The van der Waals surface area contributed by atoms with E-state index in [9.17, 15) is 19.7 Å². The molecule has 3 aromatic rings. The number of nitro benzene ring substituents is 1. The van der Waals surface area contributed by atoms with Gasteiger partial charge in [-0.05, 0) is 47.8 Å². The van der Waals surface area contributed by atoms with Crippen LogP contribution in [0, 0.1) is 10.1 Å². The quantitative estimate of drug-likeness (QED) is 0.436. The molecule has 1 fully saturated rings. The molecular weight excluding hydrogens is 452 g/mol. The van der Waals surface area contributed by atoms with Crippen LogP contribution in [0.25, 0.3) is 0 Å². The topological polar surface area (TPSA) is 95.8 Å². The summed E-state index contributed by atoms with van der Waals surface area (Å²) in [6.07, 6.45) is 0. The fourth-order valence-corrected chi connectivity index (χ4v) is 4.35. The number of rotatable bonds is 5. The summed E-state index contributed by atoms with van der Waals surface area (Å²) in [6, 6.07) is 15.0. The number of benzene rings is 2. The molecule has 2 heterocycles. The van der Waals surface area contributed by atoms with Gasteiger partial charge in [0.15, 0.2) is 0 Å². The van der Waals surface area contributed by atoms with E-state index >= 15 is 0 Å². The molecule has 0 radical (unpaired) electrons. The summed E-state index contributed by atoms with van der Waals surface area (Å²) in [4.78, 5) is 40.1. The smallest absolute Gasteiger partial charge is 0.288 e. The summed E-state index contributed by atoms with van der Waals surface area (Å²) in [5.74, 6) is -0.390. The zero-order chi connectivity index (χ0) is 22.7. The highest BCUT2D eigenvalue weighted by Gasteiger charge is 2.23. The minimum Gasteiger partial charge on any atom is -0.368 e. The number of carbonyl (C=O) groups excluding carboxylic acids is 2. The molecule has 0 aliphatic carbocycles. The summed E-state index contributed by atoms with van der Waals surface area (Å²) in [5, 5.41) is 15.6. The van der Waals surface area contributed by atoms with Crippen LogP contribution in [0.15, 0.2) is 60.0 Å². The Labute approximate surface area is 193 Å². The monoisotopic (exact) mass is 470 g/mol. The maximum atomic E-state index is 12.5. The van der Waals surface area contributed by atoms with Gasteiger partial charge in [0.2, 0.25) is 0 Å². The number of carbonyl (C=O) groups is 2. The van der Waals surface area contributed by atoms with Crippen molar-refractivity contribution in [1.82, 2.24) is 4.90 Å². The fraction of sp³-hybridized carbons (Fsp3) is 0.182. The summed E-state index contributed by atoms with van der Waals surface area (Å²) in [6.45, 7) is 2.73. The molecule has 10 heteroatoms. The second-order valence-corrected chi connectivity index (χ2v) is 8.54. The van der Waals surface area contributed by atoms with Gasteiger partial charge in [0.1, 0.15) is 5.02 Å². The summed E-state index contributed by atoms with van der Waals surface area (Å²) >= 11 is 7.25. The SMILES string of the molecule is O=C(Nc1ccc(N2CCN(C(=O)c3cccs3)CC2)cc1)c1ccc(Cl)c([N+](=O)[O-])c1. The van der Waals surface area contributed by atoms with E-state index < -0.39 is 10.8 Å². The Hall–Kier alpha value is -3.43. The molecule has 1 aliphatic rings. The van der Waals surface area contributed by atoms with Crippen LogP contribution in [0.5, 0.6) is 0 Å². The van der Waals surface area contributed by atoms with Crippen LogP contribution in [0.4, 0.5) is 17.1 Å². The molecule has 0 bridgehead atoms. The first-order chi connectivity index (χ1) is 15.4. The molecular formula is C22H19ClN4O4S. The average molecular weight is 471 g/mol. The third-order valence-corrected chi connectivity index (χ3v) is 6.37. The van der Waals surface area contributed by atoms with Gasteiger partial charge in [-0.15, -0.1) is 11.3 Å². The predicted molar refractivity (Wildman–Crippen MR) is 125 cm³/mol. The number of hydrogen-bond acceptors (Lipinski definition) is 6. The van der Waals surface area contributed by atoms with Crippen molar-refractivity contribution in [3.05, 3.63) is 85.6 Å². The highest BCUT2D eigenvalue weighted by molar-refractivity contribution is 7.12. The van der Waals surface area contributed by atoms with Gasteiger partial charge in [-0.3, -0.25) is 19.7 Å². The van der Waals surface area contributed by atoms with Crippen molar-refractivity contribution >= 4 is 51.8 Å². The Morgan fingerprint density at radius 3 is 2.38 bits per heavy atom. The van der Waals surface area contributed by atoms with Gasteiger partial charge in [-0.25, -0.2) is 0 Å². The molecule has 164 valence electrons. The molecule has 0 saturated carbocycles. The summed E-state index contributed by atoms with van der Waals surface area (Å²) in [5.41, 5.74) is 1.40. The molecule has 32 heavy (non-hydrogen) atoms. The van der Waals surface area contributed by atoms with Gasteiger partial charge in [0.05, 0.1) is 9.80 Å². The molecule has 2 aromatic carbocycles. The van der Waals surface area contributed by atoms with Crippen molar-refractivity contribution in [3.8, 4) is 0 Å². The lowest BCUT2D eigenvalue weighted by molar-refractivity contribution is -0.384. The molecule has 8 nitrogen and oxygen atoms in total. The number of anilines is 2. The summed E-state index contributed by atoms with van der Waals surface area (Å²) in [7, 11) is 0. The molecule has 0 atom stereocenters. The lowest BCUT2D eigenvalue weighted by atomic mass is 10.1.